The molecule has 0 aromatic heterocycles. The maximum Gasteiger partial charge on any atom is 0.103 e. The zero-order valence-electron chi connectivity index (χ0n) is 13.9. The molecule has 0 unspecified atom stereocenters. The first-order valence-corrected chi connectivity index (χ1v) is 8.26. The van der Waals surface area contributed by atoms with Gasteiger partial charge >= 0.3 is 0 Å². The molecule has 0 N–H and O–H groups in total. The summed E-state index contributed by atoms with van der Waals surface area (Å²) in [6.07, 6.45) is 3.90. The molecule has 0 fully saturated rings. The van der Waals surface area contributed by atoms with Gasteiger partial charge in [0.1, 0.15) is 6.87 Å². The van der Waals surface area contributed by atoms with Gasteiger partial charge in [0.2, 0.25) is 0 Å². The molecule has 1 nitrogen and oxygen atoms in total. The van der Waals surface area contributed by atoms with Crippen LogP contribution in [0.15, 0.2) is 18.2 Å². The number of benzene rings is 1. The van der Waals surface area contributed by atoms with Gasteiger partial charge in [0.15, 0.2) is 0 Å². The van der Waals surface area contributed by atoms with E-state index in [0.717, 1.165) is 13.9 Å². The average Bonchev–Trinajstić information content (AvgIpc) is 2.28. The highest BCUT2D eigenvalue weighted by Crippen LogP contribution is 2.02. The molecule has 3 radical (unpaired) electrons. The van der Waals surface area contributed by atoms with Crippen molar-refractivity contribution in [2.24, 2.45) is 0 Å². The van der Waals surface area contributed by atoms with Crippen LogP contribution in [0.1, 0.15) is 30.9 Å². The van der Waals surface area contributed by atoms with Gasteiger partial charge in [-0.05, 0) is 19.4 Å². The van der Waals surface area contributed by atoms with Crippen molar-refractivity contribution in [3.8, 4) is 0 Å². The summed E-state index contributed by atoms with van der Waals surface area (Å²) in [7, 11) is 9.38. The Morgan fingerprint density at radius 1 is 1.11 bits per heavy atom. The number of rotatable bonds is 5. The maximum absolute atomic E-state index is 2.44. The van der Waals surface area contributed by atoms with Crippen LogP contribution in [0.3, 0.4) is 0 Å². The number of hydrogen-bond donors (Lipinski definition) is 0. The van der Waals surface area contributed by atoms with Crippen molar-refractivity contribution in [1.29, 1.82) is 0 Å². The zero-order valence-corrected chi connectivity index (χ0v) is 14.9. The lowest BCUT2D eigenvalue weighted by Gasteiger charge is -2.14. The van der Waals surface area contributed by atoms with E-state index in [-0.39, 0.29) is 0 Å². The molecule has 0 atom stereocenters. The summed E-state index contributed by atoms with van der Waals surface area (Å²) in [6, 6.07) is 6.61. The first-order valence-electron chi connectivity index (χ1n) is 7.19. The van der Waals surface area contributed by atoms with Gasteiger partial charge in [-0.1, -0.05) is 55.0 Å². The molecule has 0 aliphatic rings. The smallest absolute Gasteiger partial charge is 0.103 e. The van der Waals surface area contributed by atoms with Crippen molar-refractivity contribution in [2.75, 3.05) is 28.2 Å². The second-order valence-electron chi connectivity index (χ2n) is 6.42. The zero-order chi connectivity index (χ0) is 14.9. The lowest BCUT2D eigenvalue weighted by atomic mass is 9.98. The van der Waals surface area contributed by atoms with Crippen LogP contribution in [0, 0.1) is 13.8 Å². The number of hydrogen-bond acceptors (Lipinski definition) is 0. The Kier molecular flexibility index (Phi) is 9.11. The van der Waals surface area contributed by atoms with Crippen LogP contribution in [0.4, 0.5) is 0 Å². The van der Waals surface area contributed by atoms with Crippen molar-refractivity contribution in [1.82, 2.24) is 0 Å². The number of aryl methyl sites for hydroxylation is 1. The van der Waals surface area contributed by atoms with Crippen LogP contribution in [0.25, 0.3) is 0 Å². The lowest BCUT2D eigenvalue weighted by Crippen LogP contribution is -2.27. The normalized spacial score (nSPS) is 10.7. The van der Waals surface area contributed by atoms with Gasteiger partial charge in [-0.25, -0.2) is 0 Å². The van der Waals surface area contributed by atoms with Crippen molar-refractivity contribution in [2.45, 2.75) is 39.9 Å². The molecule has 0 spiro atoms. The topological polar surface area (TPSA) is 0 Å². The van der Waals surface area contributed by atoms with E-state index in [9.17, 15) is 0 Å². The molecule has 3 heteroatoms. The highest BCUT2D eigenvalue weighted by Gasteiger charge is 2.01. The highest BCUT2D eigenvalue weighted by atomic mass is 28.2. The third kappa shape index (κ3) is 11.0. The number of quaternary nitrogens is 1. The van der Waals surface area contributed by atoms with E-state index in [1.807, 2.05) is 0 Å². The summed E-state index contributed by atoms with van der Waals surface area (Å²) in [6.45, 7) is 9.10. The Balaban J connectivity index is 0.000000555. The van der Waals surface area contributed by atoms with Crippen LogP contribution in [-0.2, 0) is 0 Å². The average molecular weight is 275 g/mol. The van der Waals surface area contributed by atoms with Crippen LogP contribution < -0.4 is 5.19 Å². The third-order valence-corrected chi connectivity index (χ3v) is 3.91. The molecule has 0 amide bonds. The van der Waals surface area contributed by atoms with Crippen molar-refractivity contribution in [3.05, 3.63) is 29.3 Å². The van der Waals surface area contributed by atoms with Gasteiger partial charge < -0.3 is 4.48 Å². The maximum atomic E-state index is 2.44. The van der Waals surface area contributed by atoms with E-state index < -0.39 is 0 Å². The lowest BCUT2D eigenvalue weighted by molar-refractivity contribution is -0.849. The quantitative estimate of drug-likeness (QED) is 0.440. The van der Waals surface area contributed by atoms with Crippen LogP contribution in [0.2, 0.25) is 6.32 Å². The minimum absolute atomic E-state index is 0.885. The largest absolute Gasteiger partial charge is 0.333 e. The number of nitrogens with zero attached hydrogens (tertiary/aromatic N) is 1. The fraction of sp³-hybridized carbons (Fsp3) is 0.625. The number of unbranched alkanes of at least 4 members (excludes halogenated alkanes) is 1. The van der Waals surface area contributed by atoms with E-state index in [1.165, 1.54) is 35.5 Å². The van der Waals surface area contributed by atoms with Gasteiger partial charge in [0.05, 0.1) is 28.2 Å². The van der Waals surface area contributed by atoms with Crippen LogP contribution in [0.5, 0.6) is 0 Å². The first kappa shape index (κ1) is 18.5. The van der Waals surface area contributed by atoms with Crippen LogP contribution in [-0.4, -0.2) is 48.9 Å². The standard InChI is InChI=1S/C12H18BSi.C4H12N/c1-4-5-9-13-14-12-8-6-7-10(2)11(12)3;1-5(2,3)4/h6-8H,4-5,9H2,1-3H3;1-4H3/q;+1. The minimum atomic E-state index is 0.885. The van der Waals surface area contributed by atoms with Gasteiger partial charge in [-0.2, -0.15) is 0 Å². The molecule has 0 bridgehead atoms. The molecule has 1 aromatic carbocycles. The molecule has 0 saturated heterocycles. The molecule has 1 rings (SSSR count). The second-order valence-corrected chi connectivity index (χ2v) is 7.66. The van der Waals surface area contributed by atoms with E-state index >= 15 is 0 Å². The van der Waals surface area contributed by atoms with Crippen molar-refractivity contribution in [3.63, 3.8) is 0 Å². The Hall–Kier alpha value is -0.538. The summed E-state index contributed by atoms with van der Waals surface area (Å²) in [5, 5.41) is 1.51. The molecular weight excluding hydrogens is 245 g/mol. The summed E-state index contributed by atoms with van der Waals surface area (Å²) < 4.78 is 1.00. The molecule has 1 aromatic rings. The Bertz CT molecular complexity index is 352. The van der Waals surface area contributed by atoms with E-state index in [2.05, 4.69) is 74.0 Å². The van der Waals surface area contributed by atoms with Gasteiger partial charge in [0, 0.05) is 9.39 Å². The molecular formula is C16H30BNSi+. The molecule has 0 aliphatic carbocycles. The van der Waals surface area contributed by atoms with Gasteiger partial charge in [-0.15, -0.1) is 0 Å². The summed E-state index contributed by atoms with van der Waals surface area (Å²) in [4.78, 5) is 0. The fourth-order valence-electron chi connectivity index (χ4n) is 1.40. The van der Waals surface area contributed by atoms with Gasteiger partial charge in [0.25, 0.3) is 0 Å². The fourth-order valence-corrected chi connectivity index (χ4v) is 2.57. The van der Waals surface area contributed by atoms with Crippen molar-refractivity contribution >= 4 is 21.4 Å². The predicted octanol–water partition coefficient (Wildman–Crippen LogP) is 2.79. The monoisotopic (exact) mass is 275 g/mol. The Morgan fingerprint density at radius 2 is 1.68 bits per heavy atom. The molecule has 0 heterocycles. The highest BCUT2D eigenvalue weighted by molar-refractivity contribution is 7.07. The first-order chi connectivity index (χ1) is 8.75. The Morgan fingerprint density at radius 3 is 2.21 bits per heavy atom. The van der Waals surface area contributed by atoms with E-state index in [1.54, 1.807) is 0 Å². The summed E-state index contributed by atoms with van der Waals surface area (Å²) in [5.74, 6) is 0. The molecule has 19 heavy (non-hydrogen) atoms. The molecule has 105 valence electrons. The van der Waals surface area contributed by atoms with Crippen LogP contribution >= 0.6 is 0 Å². The van der Waals surface area contributed by atoms with Gasteiger partial charge in [-0.3, -0.25) is 0 Å². The Labute approximate surface area is 124 Å². The minimum Gasteiger partial charge on any atom is -0.333 e. The third-order valence-electron chi connectivity index (χ3n) is 2.56. The predicted molar refractivity (Wildman–Crippen MR) is 90.7 cm³/mol. The van der Waals surface area contributed by atoms with E-state index in [0.29, 0.717) is 0 Å². The SMILES string of the molecule is CCCC[B][Si]c1cccc(C)c1C.C[N+](C)(C)C. The summed E-state index contributed by atoms with van der Waals surface area (Å²) in [5.41, 5.74) is 2.89. The second kappa shape index (κ2) is 9.38. The molecule has 0 saturated carbocycles. The van der Waals surface area contributed by atoms with Crippen molar-refractivity contribution < 1.29 is 4.48 Å². The summed E-state index contributed by atoms with van der Waals surface area (Å²) >= 11 is 0. The van der Waals surface area contributed by atoms with E-state index in [4.69, 9.17) is 0 Å². The molecule has 0 aliphatic heterocycles.